The number of aromatic nitrogens is 1. The van der Waals surface area contributed by atoms with E-state index >= 15 is 0 Å². The van der Waals surface area contributed by atoms with Crippen molar-refractivity contribution in [2.24, 2.45) is 0 Å². The second-order valence-electron chi connectivity index (χ2n) is 10.3. The highest BCUT2D eigenvalue weighted by Gasteiger charge is 2.34. The van der Waals surface area contributed by atoms with Crippen molar-refractivity contribution >= 4 is 33.2 Å². The average Bonchev–Trinajstić information content (AvgIpc) is 3.53. The minimum absolute atomic E-state index is 0.400. The monoisotopic (exact) mass is 486 g/mol. The zero-order valence-corrected chi connectivity index (χ0v) is 20.9. The van der Waals surface area contributed by atoms with Gasteiger partial charge in [0.1, 0.15) is 0 Å². The number of hydrogen-bond donors (Lipinski definition) is 1. The lowest BCUT2D eigenvalue weighted by Gasteiger charge is -2.24. The maximum absolute atomic E-state index is 3.53. The Morgan fingerprint density at radius 3 is 2.13 bits per heavy atom. The van der Waals surface area contributed by atoms with Gasteiger partial charge in [-0.2, -0.15) is 0 Å². The van der Waals surface area contributed by atoms with Gasteiger partial charge in [0, 0.05) is 44.8 Å². The van der Waals surface area contributed by atoms with E-state index in [1.54, 1.807) is 0 Å². The van der Waals surface area contributed by atoms with E-state index in [0.29, 0.717) is 5.92 Å². The van der Waals surface area contributed by atoms with Gasteiger partial charge in [-0.15, -0.1) is 0 Å². The van der Waals surface area contributed by atoms with E-state index in [9.17, 15) is 0 Å². The highest BCUT2D eigenvalue weighted by Crippen LogP contribution is 2.51. The number of H-pyrrole nitrogens is 1. The fourth-order valence-corrected chi connectivity index (χ4v) is 6.24. The lowest BCUT2D eigenvalue weighted by molar-refractivity contribution is 0.820. The van der Waals surface area contributed by atoms with Crippen molar-refractivity contribution < 1.29 is 0 Å². The lowest BCUT2D eigenvalue weighted by atomic mass is 9.90. The highest BCUT2D eigenvalue weighted by atomic mass is 15.2. The summed E-state index contributed by atoms with van der Waals surface area (Å²) < 4.78 is 0. The molecule has 6 aromatic rings. The number of rotatable bonds is 3. The van der Waals surface area contributed by atoms with Crippen LogP contribution >= 0.6 is 0 Å². The minimum atomic E-state index is 0.400. The molecule has 2 aliphatic rings. The van der Waals surface area contributed by atoms with Crippen LogP contribution in [0, 0.1) is 0 Å². The zero-order chi connectivity index (χ0) is 25.1. The summed E-state index contributed by atoms with van der Waals surface area (Å²) in [7, 11) is 0. The predicted octanol–water partition coefficient (Wildman–Crippen LogP) is 9.73. The molecule has 1 unspecified atom stereocenters. The first-order valence-corrected chi connectivity index (χ1v) is 13.3. The Balaban J connectivity index is 1.16. The van der Waals surface area contributed by atoms with Crippen LogP contribution in [-0.2, 0) is 0 Å². The molecule has 1 N–H and O–H groups in total. The molecule has 5 aromatic carbocycles. The Hall–Kier alpha value is -4.82. The third kappa shape index (κ3) is 3.27. The quantitative estimate of drug-likeness (QED) is 0.264. The second kappa shape index (κ2) is 8.36. The molecule has 2 nitrogen and oxygen atoms in total. The van der Waals surface area contributed by atoms with Crippen LogP contribution in [0.4, 0.5) is 11.4 Å². The topological polar surface area (TPSA) is 19.0 Å². The average molecular weight is 487 g/mol. The minimum Gasteiger partial charge on any atom is -0.355 e. The van der Waals surface area contributed by atoms with Gasteiger partial charge in [-0.1, -0.05) is 84.9 Å². The molecule has 0 saturated carbocycles. The Kier molecular flexibility index (Phi) is 4.68. The van der Waals surface area contributed by atoms with Gasteiger partial charge in [-0.25, -0.2) is 0 Å². The summed E-state index contributed by atoms with van der Waals surface area (Å²) >= 11 is 0. The van der Waals surface area contributed by atoms with E-state index in [0.717, 1.165) is 6.42 Å². The smallest absolute Gasteiger partial charge is 0.0497 e. The van der Waals surface area contributed by atoms with Crippen LogP contribution in [0.2, 0.25) is 0 Å². The molecule has 0 radical (unpaired) electrons. The van der Waals surface area contributed by atoms with E-state index in [1.807, 2.05) is 0 Å². The van der Waals surface area contributed by atoms with E-state index in [1.165, 1.54) is 66.7 Å². The fourth-order valence-electron chi connectivity index (χ4n) is 6.24. The number of allylic oxidation sites excluding steroid dienone is 4. The number of fused-ring (bicyclic) bond motifs is 6. The Morgan fingerprint density at radius 2 is 1.29 bits per heavy atom. The van der Waals surface area contributed by atoms with Crippen molar-refractivity contribution in [2.75, 3.05) is 4.90 Å². The molecule has 0 amide bonds. The van der Waals surface area contributed by atoms with Gasteiger partial charge in [0.15, 0.2) is 0 Å². The summed E-state index contributed by atoms with van der Waals surface area (Å²) in [5.74, 6) is 0.400. The standard InChI is InChI=1S/C36H26N2/c1-2-8-28(9-3-1)38-35-13-7-5-11-30(35)32-23-27(19-21-36(32)38)25-16-14-24(15-17-25)26-18-20-34-31(22-26)29-10-4-6-12-33(29)37-34/h1-10,12-23,30,37H,11H2. The van der Waals surface area contributed by atoms with Gasteiger partial charge in [0.2, 0.25) is 0 Å². The molecule has 0 fully saturated rings. The summed E-state index contributed by atoms with van der Waals surface area (Å²) in [6, 6.07) is 42.0. The van der Waals surface area contributed by atoms with Crippen LogP contribution < -0.4 is 4.90 Å². The first kappa shape index (κ1) is 21.3. The molecule has 1 aliphatic heterocycles. The van der Waals surface area contributed by atoms with Gasteiger partial charge in [-0.3, -0.25) is 0 Å². The second-order valence-corrected chi connectivity index (χ2v) is 10.3. The third-order valence-electron chi connectivity index (χ3n) is 8.11. The third-order valence-corrected chi connectivity index (χ3v) is 8.11. The van der Waals surface area contributed by atoms with E-state index < -0.39 is 0 Å². The van der Waals surface area contributed by atoms with Crippen LogP contribution in [0.25, 0.3) is 44.1 Å². The van der Waals surface area contributed by atoms with Crippen molar-refractivity contribution in [1.29, 1.82) is 0 Å². The molecule has 0 spiro atoms. The maximum Gasteiger partial charge on any atom is 0.0497 e. The van der Waals surface area contributed by atoms with Crippen molar-refractivity contribution in [3.8, 4) is 22.3 Å². The van der Waals surface area contributed by atoms with E-state index in [2.05, 4.69) is 143 Å². The van der Waals surface area contributed by atoms with Crippen LogP contribution in [-0.4, -0.2) is 4.98 Å². The van der Waals surface area contributed by atoms with Crippen molar-refractivity contribution in [3.05, 3.63) is 145 Å². The van der Waals surface area contributed by atoms with Crippen LogP contribution in [0.1, 0.15) is 17.9 Å². The Morgan fingerprint density at radius 1 is 0.605 bits per heavy atom. The SMILES string of the molecule is C1=CCC2C(=C1)N(c1ccccc1)c1ccc(-c3ccc(-c4ccc5[nH]c6ccccc6c5c4)cc3)cc12. The zero-order valence-electron chi connectivity index (χ0n) is 20.9. The van der Waals surface area contributed by atoms with E-state index in [-0.39, 0.29) is 0 Å². The van der Waals surface area contributed by atoms with Crippen molar-refractivity contribution in [2.45, 2.75) is 12.3 Å². The molecule has 0 bridgehead atoms. The predicted molar refractivity (Wildman–Crippen MR) is 160 cm³/mol. The number of para-hydroxylation sites is 2. The van der Waals surface area contributed by atoms with Crippen LogP contribution in [0.15, 0.2) is 139 Å². The van der Waals surface area contributed by atoms with Gasteiger partial charge in [0.05, 0.1) is 0 Å². The molecule has 2 heteroatoms. The lowest BCUT2D eigenvalue weighted by Crippen LogP contribution is -2.14. The first-order valence-electron chi connectivity index (χ1n) is 13.3. The molecule has 1 aromatic heterocycles. The van der Waals surface area contributed by atoms with Crippen LogP contribution in [0.5, 0.6) is 0 Å². The molecule has 0 saturated heterocycles. The molecule has 1 aliphatic carbocycles. The van der Waals surface area contributed by atoms with Gasteiger partial charge < -0.3 is 9.88 Å². The number of anilines is 2. The molecular formula is C36H26N2. The normalized spacial score (nSPS) is 16.1. The fraction of sp³-hybridized carbons (Fsp3) is 0.0556. The molecule has 2 heterocycles. The summed E-state index contributed by atoms with van der Waals surface area (Å²) in [4.78, 5) is 5.96. The summed E-state index contributed by atoms with van der Waals surface area (Å²) in [5.41, 5.74) is 12.7. The Bertz CT molecular complexity index is 1890. The molecule has 38 heavy (non-hydrogen) atoms. The van der Waals surface area contributed by atoms with E-state index in [4.69, 9.17) is 0 Å². The largest absolute Gasteiger partial charge is 0.355 e. The number of nitrogens with zero attached hydrogens (tertiary/aromatic N) is 1. The number of aromatic amines is 1. The first-order chi connectivity index (χ1) is 18.8. The molecular weight excluding hydrogens is 460 g/mol. The summed E-state index contributed by atoms with van der Waals surface area (Å²) in [5, 5.41) is 2.55. The summed E-state index contributed by atoms with van der Waals surface area (Å²) in [6.45, 7) is 0. The highest BCUT2D eigenvalue weighted by molar-refractivity contribution is 6.08. The number of hydrogen-bond acceptors (Lipinski definition) is 1. The molecule has 8 rings (SSSR count). The van der Waals surface area contributed by atoms with Crippen molar-refractivity contribution in [3.63, 3.8) is 0 Å². The maximum atomic E-state index is 3.53. The van der Waals surface area contributed by atoms with Gasteiger partial charge >= 0.3 is 0 Å². The van der Waals surface area contributed by atoms with Gasteiger partial charge in [0.25, 0.3) is 0 Å². The molecule has 1 atom stereocenters. The summed E-state index contributed by atoms with van der Waals surface area (Å²) in [6.07, 6.45) is 7.81. The number of benzene rings is 5. The van der Waals surface area contributed by atoms with Gasteiger partial charge in [-0.05, 0) is 82.8 Å². The number of nitrogens with one attached hydrogen (secondary N) is 1. The van der Waals surface area contributed by atoms with Crippen LogP contribution in [0.3, 0.4) is 0 Å². The van der Waals surface area contributed by atoms with Crippen molar-refractivity contribution in [1.82, 2.24) is 4.98 Å². The Labute approximate surface area is 222 Å². The molecule has 180 valence electrons.